The number of hydrogen-bond donors (Lipinski definition) is 6. The maximum atomic E-state index is 15.6. The lowest BCUT2D eigenvalue weighted by Gasteiger charge is -2.27. The highest BCUT2D eigenvalue weighted by Crippen LogP contribution is 2.67. The predicted octanol–water partition coefficient (Wildman–Crippen LogP) is -0.432. The van der Waals surface area contributed by atoms with Gasteiger partial charge < -0.3 is 35.5 Å². The summed E-state index contributed by atoms with van der Waals surface area (Å²) in [6, 6.07) is 0. The Labute approximate surface area is 236 Å². The Morgan fingerprint density at radius 3 is 2.76 bits per heavy atom. The second-order valence-corrected chi connectivity index (χ2v) is 14.3. The van der Waals surface area contributed by atoms with Crippen molar-refractivity contribution in [2.24, 2.45) is 0 Å². The molecule has 6 rings (SSSR count). The topological polar surface area (TPSA) is 248 Å². The highest BCUT2D eigenvalue weighted by Gasteiger charge is 2.55. The second kappa shape index (κ2) is 10.4. The lowest BCUT2D eigenvalue weighted by molar-refractivity contribution is -0.0463. The number of anilines is 2. The van der Waals surface area contributed by atoms with Crippen molar-refractivity contribution in [2.75, 3.05) is 24.7 Å². The van der Waals surface area contributed by atoms with Crippen LogP contribution in [0.4, 0.5) is 20.5 Å². The Balaban J connectivity index is 1.25. The Bertz CT molecular complexity index is 1730. The average molecular weight is 634 g/mol. The number of rotatable bonds is 7. The van der Waals surface area contributed by atoms with Crippen molar-refractivity contribution in [2.45, 2.75) is 47.1 Å². The molecule has 17 nitrogen and oxygen atoms in total. The molecule has 4 aromatic rings. The maximum absolute atomic E-state index is 15.6. The molecule has 6 heterocycles. The number of thiol groups is 1. The van der Waals surface area contributed by atoms with Crippen LogP contribution in [0.25, 0.3) is 22.3 Å². The molecule has 0 aromatic carbocycles. The first kappa shape index (κ1) is 28.2. The third-order valence-electron chi connectivity index (χ3n) is 6.82. The molecule has 2 aliphatic rings. The fourth-order valence-electron chi connectivity index (χ4n) is 4.81. The first-order valence-corrected chi connectivity index (χ1v) is 15.7. The van der Waals surface area contributed by atoms with Crippen molar-refractivity contribution in [3.63, 3.8) is 0 Å². The number of aliphatic hydroxyl groups excluding tert-OH is 2. The minimum atomic E-state index is -4.26. The largest absolute Gasteiger partial charge is 0.395 e. The third-order valence-corrected chi connectivity index (χ3v) is 11.6. The van der Waals surface area contributed by atoms with Gasteiger partial charge in [-0.3, -0.25) is 14.3 Å². The number of halogens is 2. The molecule has 41 heavy (non-hydrogen) atoms. The highest BCUT2D eigenvalue weighted by atomic mass is 32.7. The summed E-state index contributed by atoms with van der Waals surface area (Å²) in [5.41, 5.74) is 9.35. The number of hydrogen-bond acceptors (Lipinski definition) is 15. The summed E-state index contributed by atoms with van der Waals surface area (Å²) in [7, 11) is 0. The number of nitrogens with two attached hydrogens (primary N) is 2. The minimum absolute atomic E-state index is 0.00459. The van der Waals surface area contributed by atoms with Gasteiger partial charge in [-0.1, -0.05) is 17.5 Å². The molecule has 0 bridgehead atoms. The van der Waals surface area contributed by atoms with Crippen molar-refractivity contribution in [3.05, 3.63) is 23.0 Å². The minimum Gasteiger partial charge on any atom is -0.395 e. The van der Waals surface area contributed by atoms with E-state index < -0.39 is 72.4 Å². The Morgan fingerprint density at radius 1 is 1.22 bits per heavy atom. The van der Waals surface area contributed by atoms with E-state index in [1.165, 1.54) is 10.9 Å². The van der Waals surface area contributed by atoms with Crippen LogP contribution in [0, 0.1) is 0 Å². The van der Waals surface area contributed by atoms with Crippen molar-refractivity contribution in [3.8, 4) is 0 Å². The predicted molar refractivity (Wildman–Crippen MR) is 144 cm³/mol. The molecule has 9 atom stereocenters. The summed E-state index contributed by atoms with van der Waals surface area (Å²) in [5.74, 6) is -0.216. The van der Waals surface area contributed by atoms with E-state index >= 15 is 8.78 Å². The van der Waals surface area contributed by atoms with Gasteiger partial charge in [-0.05, 0) is 0 Å². The van der Waals surface area contributed by atoms with Crippen LogP contribution in [0.2, 0.25) is 0 Å². The lowest BCUT2D eigenvalue weighted by Crippen LogP contribution is -2.33. The first-order chi connectivity index (χ1) is 19.5. The number of aromatic nitrogens is 9. The summed E-state index contributed by atoms with van der Waals surface area (Å²) in [6.45, 7) is -5.52. The van der Waals surface area contributed by atoms with Crippen LogP contribution in [-0.2, 0) is 13.8 Å². The lowest BCUT2D eigenvalue weighted by atomic mass is 10.1. The number of thioether (sulfide) groups is 1. The number of aromatic amines is 1. The van der Waals surface area contributed by atoms with Crippen LogP contribution >= 0.6 is 30.6 Å². The van der Waals surface area contributed by atoms with Crippen LogP contribution in [0.3, 0.4) is 0 Å². The normalized spacial score (nSPS) is 31.7. The molecule has 1 unspecified atom stereocenters. The highest BCUT2D eigenvalue weighted by molar-refractivity contribution is 8.46. The van der Waals surface area contributed by atoms with Gasteiger partial charge in [0.05, 0.1) is 30.2 Å². The number of imidazole rings is 1. The molecular weight excluding hydrogens is 611 g/mol. The van der Waals surface area contributed by atoms with E-state index in [1.54, 1.807) is 0 Å². The van der Waals surface area contributed by atoms with E-state index in [-0.39, 0.29) is 34.1 Å². The number of nitrogen functional groups attached to an aromatic ring is 2. The Hall–Kier alpha value is -2.94. The molecule has 4 aromatic heterocycles. The summed E-state index contributed by atoms with van der Waals surface area (Å²) in [5, 5.41) is 25.8. The van der Waals surface area contributed by atoms with E-state index in [2.05, 4.69) is 47.5 Å². The Morgan fingerprint density at radius 2 is 2.00 bits per heavy atom. The molecule has 0 aliphatic carbocycles. The van der Waals surface area contributed by atoms with E-state index in [0.29, 0.717) is 0 Å². The summed E-state index contributed by atoms with van der Waals surface area (Å²) in [6.07, 6.45) is -6.22. The fourth-order valence-corrected chi connectivity index (χ4v) is 9.78. The van der Waals surface area contributed by atoms with Gasteiger partial charge in [0.15, 0.2) is 40.5 Å². The summed E-state index contributed by atoms with van der Waals surface area (Å²) >= 11 is 5.10. The zero-order valence-electron chi connectivity index (χ0n) is 20.5. The molecule has 2 aliphatic heterocycles. The number of alkyl halides is 2. The van der Waals surface area contributed by atoms with Gasteiger partial charge in [-0.15, -0.1) is 16.9 Å². The van der Waals surface area contributed by atoms with Crippen LogP contribution < -0.4 is 17.0 Å². The van der Waals surface area contributed by atoms with Crippen LogP contribution in [0.5, 0.6) is 0 Å². The molecular formula is C19H22F2N11O6PS2. The number of ether oxygens (including phenoxy) is 1. The number of nitrogens with zero attached hydrogens (tertiary/aromatic N) is 8. The summed E-state index contributed by atoms with van der Waals surface area (Å²) < 4.78 is 58.0. The summed E-state index contributed by atoms with van der Waals surface area (Å²) in [4.78, 5) is 30.4. The molecule has 2 saturated heterocycles. The van der Waals surface area contributed by atoms with Crippen molar-refractivity contribution < 1.29 is 32.8 Å². The molecule has 0 saturated carbocycles. The molecule has 0 radical (unpaired) electrons. The van der Waals surface area contributed by atoms with Crippen LogP contribution in [0.1, 0.15) is 11.6 Å². The first-order valence-electron chi connectivity index (χ1n) is 11.9. The number of H-pyrrole nitrogens is 1. The SMILES string of the molecule is Nc1nc2c(ncn2[C@@H]2S[C@H](CO)[C@@H](F)[C@H]2P(=O)(S)OC[C@H]2O[C@@H](n3nnc4c(N)ncnc43)[C@@H](F)[C@@H]2O)c(=O)[nH]1. The van der Waals surface area contributed by atoms with E-state index in [4.69, 9.17) is 20.7 Å². The molecule has 0 amide bonds. The Kier molecular flexibility index (Phi) is 7.15. The fraction of sp³-hybridized carbons (Fsp3) is 0.526. The van der Waals surface area contributed by atoms with Crippen LogP contribution in [0.15, 0.2) is 17.4 Å². The van der Waals surface area contributed by atoms with Crippen LogP contribution in [-0.4, -0.2) is 103 Å². The molecule has 2 fully saturated rings. The van der Waals surface area contributed by atoms with Crippen molar-refractivity contribution >= 4 is 64.7 Å². The zero-order chi connectivity index (χ0) is 29.2. The van der Waals surface area contributed by atoms with E-state index in [1.807, 2.05) is 0 Å². The van der Waals surface area contributed by atoms with Gasteiger partial charge in [-0.2, -0.15) is 9.67 Å². The molecule has 7 N–H and O–H groups in total. The smallest absolute Gasteiger partial charge is 0.280 e. The van der Waals surface area contributed by atoms with E-state index in [9.17, 15) is 19.6 Å². The van der Waals surface area contributed by atoms with E-state index in [0.717, 1.165) is 22.8 Å². The number of aliphatic hydroxyl groups is 2. The van der Waals surface area contributed by atoms with Crippen molar-refractivity contribution in [1.82, 2.24) is 44.5 Å². The number of fused-ring (bicyclic) bond motifs is 2. The van der Waals surface area contributed by atoms with Crippen molar-refractivity contribution in [1.29, 1.82) is 0 Å². The monoisotopic (exact) mass is 633 g/mol. The standard InChI is InChI=1S/C19H22F2N11O6PS2/c20-7-6(1-33)41-18(31-4-26-10-15(31)27-19(23)28-16(10)35)12(7)39(36,40)37-2-5-11(34)8(21)17(38-5)32-14-9(29-30-32)13(22)24-3-25-14/h3-8,11-12,17-18,33-34H,1-2H2,(H,36,40)(H2,22,24,25)(H3,23,27,28,35)/t5-,6-,7-,8+,11-,12-,17-,18-,39?/m1/s1. The van der Waals surface area contributed by atoms with Gasteiger partial charge in [0.2, 0.25) is 5.95 Å². The maximum Gasteiger partial charge on any atom is 0.280 e. The molecule has 220 valence electrons. The third kappa shape index (κ3) is 4.64. The van der Waals surface area contributed by atoms with Gasteiger partial charge in [0.1, 0.15) is 30.4 Å². The average Bonchev–Trinajstić information content (AvgIpc) is 3.68. The van der Waals surface area contributed by atoms with Gasteiger partial charge in [0, 0.05) is 0 Å². The molecule has 22 heteroatoms. The van der Waals surface area contributed by atoms with Gasteiger partial charge >= 0.3 is 0 Å². The zero-order valence-corrected chi connectivity index (χ0v) is 23.1. The quantitative estimate of drug-likeness (QED) is 0.112. The van der Waals surface area contributed by atoms with Gasteiger partial charge in [0.25, 0.3) is 12.1 Å². The van der Waals surface area contributed by atoms with Gasteiger partial charge in [-0.25, -0.2) is 23.7 Å². The number of nitrogens with one attached hydrogen (secondary N) is 1. The molecule has 0 spiro atoms. The second-order valence-electron chi connectivity index (χ2n) is 9.28.